The molecular formula is C20H22N4O. The first-order valence-corrected chi connectivity index (χ1v) is 8.87. The van der Waals surface area contributed by atoms with E-state index in [9.17, 15) is 4.79 Å². The third-order valence-corrected chi connectivity index (χ3v) is 5.20. The third kappa shape index (κ3) is 3.14. The smallest absolute Gasteiger partial charge is 0.252 e. The average Bonchev–Trinajstić information content (AvgIpc) is 3.21. The van der Waals surface area contributed by atoms with Crippen LogP contribution in [-0.2, 0) is 6.42 Å². The second-order valence-electron chi connectivity index (χ2n) is 6.88. The zero-order valence-corrected chi connectivity index (χ0v) is 14.3. The summed E-state index contributed by atoms with van der Waals surface area (Å²) in [4.78, 5) is 23.5. The normalized spacial score (nSPS) is 19.1. The number of amides is 1. The maximum Gasteiger partial charge on any atom is 0.252 e. The SMILES string of the molecule is C[C@H]1Cc2ccccc2C1CCCNC(=O)c1cnc2nc[nH]c2c1. The number of imidazole rings is 1. The number of hydrogen-bond acceptors (Lipinski definition) is 3. The first-order valence-electron chi connectivity index (χ1n) is 8.87. The Labute approximate surface area is 146 Å². The number of benzene rings is 1. The molecule has 5 heteroatoms. The lowest BCUT2D eigenvalue weighted by Crippen LogP contribution is -2.25. The lowest BCUT2D eigenvalue weighted by molar-refractivity contribution is 0.0952. The predicted molar refractivity (Wildman–Crippen MR) is 97.5 cm³/mol. The number of hydrogen-bond donors (Lipinski definition) is 2. The summed E-state index contributed by atoms with van der Waals surface area (Å²) in [5.41, 5.74) is 4.96. The van der Waals surface area contributed by atoms with E-state index in [2.05, 4.69) is 51.5 Å². The molecule has 1 unspecified atom stereocenters. The van der Waals surface area contributed by atoms with Gasteiger partial charge in [-0.25, -0.2) is 9.97 Å². The molecule has 2 atom stereocenters. The van der Waals surface area contributed by atoms with Gasteiger partial charge in [0.25, 0.3) is 5.91 Å². The topological polar surface area (TPSA) is 70.7 Å². The average molecular weight is 334 g/mol. The van der Waals surface area contributed by atoms with Gasteiger partial charge < -0.3 is 10.3 Å². The molecular weight excluding hydrogens is 312 g/mol. The van der Waals surface area contributed by atoms with Crippen molar-refractivity contribution in [2.24, 2.45) is 5.92 Å². The molecule has 0 saturated carbocycles. The van der Waals surface area contributed by atoms with Gasteiger partial charge in [0, 0.05) is 12.7 Å². The van der Waals surface area contributed by atoms with Crippen LogP contribution >= 0.6 is 0 Å². The summed E-state index contributed by atoms with van der Waals surface area (Å²) in [7, 11) is 0. The summed E-state index contributed by atoms with van der Waals surface area (Å²) in [5, 5.41) is 3.01. The van der Waals surface area contributed by atoms with Crippen molar-refractivity contribution in [1.29, 1.82) is 0 Å². The molecule has 1 aliphatic carbocycles. The zero-order chi connectivity index (χ0) is 17.2. The van der Waals surface area contributed by atoms with E-state index in [1.807, 2.05) is 0 Å². The minimum atomic E-state index is -0.0797. The highest BCUT2D eigenvalue weighted by atomic mass is 16.1. The van der Waals surface area contributed by atoms with Gasteiger partial charge in [-0.2, -0.15) is 0 Å². The van der Waals surface area contributed by atoms with E-state index in [1.54, 1.807) is 18.6 Å². The van der Waals surface area contributed by atoms with Crippen LogP contribution in [0.2, 0.25) is 0 Å². The van der Waals surface area contributed by atoms with E-state index in [0.29, 0.717) is 29.6 Å². The lowest BCUT2D eigenvalue weighted by atomic mass is 9.89. The third-order valence-electron chi connectivity index (χ3n) is 5.20. The van der Waals surface area contributed by atoms with Crippen molar-refractivity contribution in [2.45, 2.75) is 32.1 Å². The van der Waals surface area contributed by atoms with E-state index in [0.717, 1.165) is 18.4 Å². The molecule has 0 radical (unpaired) electrons. The molecule has 0 saturated heterocycles. The number of carbonyl (C=O) groups excluding carboxylic acids is 1. The van der Waals surface area contributed by atoms with Crippen LogP contribution in [0.4, 0.5) is 0 Å². The van der Waals surface area contributed by atoms with E-state index in [1.165, 1.54) is 17.5 Å². The lowest BCUT2D eigenvalue weighted by Gasteiger charge is -2.16. The predicted octanol–water partition coefficient (Wildman–Crippen LogP) is 3.44. The standard InChI is InChI=1S/C20H22N4O/c1-13-9-14-5-2-3-6-17(14)16(13)7-4-8-21-20(25)15-10-18-19(22-11-15)24-12-23-18/h2-3,5-6,10-13,16H,4,7-9H2,1H3,(H,21,25)(H,22,23,24)/t13-,16?/m0/s1. The number of rotatable bonds is 5. The van der Waals surface area contributed by atoms with Gasteiger partial charge in [0.15, 0.2) is 5.65 Å². The number of fused-ring (bicyclic) bond motifs is 2. The van der Waals surface area contributed by atoms with Crippen LogP contribution in [0.15, 0.2) is 42.9 Å². The summed E-state index contributed by atoms with van der Waals surface area (Å²) in [6.07, 6.45) is 6.42. The van der Waals surface area contributed by atoms with Crippen LogP contribution in [0.5, 0.6) is 0 Å². The Balaban J connectivity index is 1.31. The van der Waals surface area contributed by atoms with Crippen molar-refractivity contribution in [1.82, 2.24) is 20.3 Å². The van der Waals surface area contributed by atoms with Gasteiger partial charge in [-0.1, -0.05) is 31.2 Å². The highest BCUT2D eigenvalue weighted by molar-refractivity contribution is 5.96. The van der Waals surface area contributed by atoms with Gasteiger partial charge in [-0.15, -0.1) is 0 Å². The van der Waals surface area contributed by atoms with Crippen molar-refractivity contribution >= 4 is 17.1 Å². The number of aromatic amines is 1. The fourth-order valence-electron chi connectivity index (χ4n) is 3.90. The van der Waals surface area contributed by atoms with Crippen LogP contribution in [0.1, 0.15) is 47.2 Å². The Kier molecular flexibility index (Phi) is 4.22. The summed E-state index contributed by atoms with van der Waals surface area (Å²) >= 11 is 0. The number of nitrogens with one attached hydrogen (secondary N) is 2. The summed E-state index contributed by atoms with van der Waals surface area (Å²) in [6.45, 7) is 3.01. The van der Waals surface area contributed by atoms with Crippen molar-refractivity contribution in [2.75, 3.05) is 6.54 Å². The Morgan fingerprint density at radius 1 is 1.32 bits per heavy atom. The fraction of sp³-hybridized carbons (Fsp3) is 0.350. The molecule has 1 aromatic carbocycles. The van der Waals surface area contributed by atoms with Gasteiger partial charge in [0.05, 0.1) is 17.4 Å². The number of H-pyrrole nitrogens is 1. The van der Waals surface area contributed by atoms with Crippen LogP contribution in [-0.4, -0.2) is 27.4 Å². The van der Waals surface area contributed by atoms with Gasteiger partial charge in [-0.05, 0) is 48.3 Å². The van der Waals surface area contributed by atoms with Gasteiger partial charge in [-0.3, -0.25) is 4.79 Å². The molecule has 0 fully saturated rings. The van der Waals surface area contributed by atoms with Crippen molar-refractivity contribution < 1.29 is 4.79 Å². The largest absolute Gasteiger partial charge is 0.352 e. The number of pyridine rings is 1. The molecule has 0 aliphatic heterocycles. The van der Waals surface area contributed by atoms with Crippen molar-refractivity contribution in [3.05, 3.63) is 59.5 Å². The molecule has 2 aromatic heterocycles. The molecule has 128 valence electrons. The maximum absolute atomic E-state index is 12.3. The van der Waals surface area contributed by atoms with Gasteiger partial charge in [0.2, 0.25) is 0 Å². The van der Waals surface area contributed by atoms with Crippen LogP contribution in [0.25, 0.3) is 11.2 Å². The van der Waals surface area contributed by atoms with Crippen LogP contribution in [0, 0.1) is 5.92 Å². The maximum atomic E-state index is 12.3. The van der Waals surface area contributed by atoms with Gasteiger partial charge in [0.1, 0.15) is 0 Å². The van der Waals surface area contributed by atoms with E-state index in [4.69, 9.17) is 0 Å². The molecule has 1 amide bonds. The highest BCUT2D eigenvalue weighted by Gasteiger charge is 2.28. The fourth-order valence-corrected chi connectivity index (χ4v) is 3.90. The zero-order valence-electron chi connectivity index (χ0n) is 14.3. The monoisotopic (exact) mass is 334 g/mol. The number of carbonyl (C=O) groups is 1. The second-order valence-corrected chi connectivity index (χ2v) is 6.88. The molecule has 5 nitrogen and oxygen atoms in total. The Morgan fingerprint density at radius 2 is 2.20 bits per heavy atom. The molecule has 4 rings (SSSR count). The Morgan fingerprint density at radius 3 is 3.12 bits per heavy atom. The molecule has 2 heterocycles. The van der Waals surface area contributed by atoms with E-state index < -0.39 is 0 Å². The number of aromatic nitrogens is 3. The summed E-state index contributed by atoms with van der Waals surface area (Å²) in [6, 6.07) is 10.5. The van der Waals surface area contributed by atoms with Crippen LogP contribution < -0.4 is 5.32 Å². The van der Waals surface area contributed by atoms with Crippen molar-refractivity contribution in [3.63, 3.8) is 0 Å². The Hall–Kier alpha value is -2.69. The Bertz CT molecular complexity index is 901. The van der Waals surface area contributed by atoms with Gasteiger partial charge >= 0.3 is 0 Å². The number of nitrogens with zero attached hydrogens (tertiary/aromatic N) is 2. The summed E-state index contributed by atoms with van der Waals surface area (Å²) in [5.74, 6) is 1.21. The molecule has 1 aliphatic rings. The van der Waals surface area contributed by atoms with Crippen LogP contribution in [0.3, 0.4) is 0 Å². The second kappa shape index (κ2) is 6.67. The molecule has 3 aromatic rings. The molecule has 0 spiro atoms. The minimum absolute atomic E-state index is 0.0797. The molecule has 2 N–H and O–H groups in total. The summed E-state index contributed by atoms with van der Waals surface area (Å²) < 4.78 is 0. The highest BCUT2D eigenvalue weighted by Crippen LogP contribution is 2.40. The molecule has 0 bridgehead atoms. The van der Waals surface area contributed by atoms with E-state index >= 15 is 0 Å². The van der Waals surface area contributed by atoms with Crippen molar-refractivity contribution in [3.8, 4) is 0 Å². The minimum Gasteiger partial charge on any atom is -0.352 e. The van der Waals surface area contributed by atoms with E-state index in [-0.39, 0.29) is 5.91 Å². The first kappa shape index (κ1) is 15.8. The quantitative estimate of drug-likeness (QED) is 0.702. The molecule has 25 heavy (non-hydrogen) atoms. The first-order chi connectivity index (χ1) is 12.2.